The van der Waals surface area contributed by atoms with E-state index >= 15 is 0 Å². The highest BCUT2D eigenvalue weighted by Gasteiger charge is 2.22. The molecule has 7 nitrogen and oxygen atoms in total. The first-order valence-corrected chi connectivity index (χ1v) is 12.1. The summed E-state index contributed by atoms with van der Waals surface area (Å²) in [5.41, 5.74) is 0.996. The molecule has 164 valence electrons. The van der Waals surface area contributed by atoms with Crippen LogP contribution in [0.25, 0.3) is 0 Å². The third-order valence-corrected chi connectivity index (χ3v) is 6.97. The molecular formula is C21H37N5O2S. The molecule has 0 saturated carbocycles. The monoisotopic (exact) mass is 423 g/mol. The average Bonchev–Trinajstić information content (AvgIpc) is 3.00. The molecule has 1 aromatic carbocycles. The first-order valence-electron chi connectivity index (χ1n) is 10.6. The predicted molar refractivity (Wildman–Crippen MR) is 120 cm³/mol. The summed E-state index contributed by atoms with van der Waals surface area (Å²) in [7, 11) is -0.216. The van der Waals surface area contributed by atoms with Crippen molar-refractivity contribution < 1.29 is 8.42 Å². The van der Waals surface area contributed by atoms with E-state index in [9.17, 15) is 8.42 Å². The third-order valence-electron chi connectivity index (χ3n) is 5.54. The Morgan fingerprint density at radius 2 is 1.69 bits per heavy atom. The summed E-state index contributed by atoms with van der Waals surface area (Å²) in [5, 5.41) is 6.80. The molecule has 1 aliphatic rings. The van der Waals surface area contributed by atoms with E-state index < -0.39 is 10.0 Å². The molecule has 1 fully saturated rings. The summed E-state index contributed by atoms with van der Waals surface area (Å²) in [6, 6.07) is 7.36. The first kappa shape index (κ1) is 23.6. The van der Waals surface area contributed by atoms with Gasteiger partial charge in [-0.15, -0.1) is 0 Å². The Morgan fingerprint density at radius 3 is 2.21 bits per heavy atom. The van der Waals surface area contributed by atoms with Crippen LogP contribution < -0.4 is 15.4 Å². The van der Waals surface area contributed by atoms with Crippen LogP contribution >= 0.6 is 0 Å². The van der Waals surface area contributed by atoms with Gasteiger partial charge < -0.3 is 10.6 Å². The van der Waals surface area contributed by atoms with Gasteiger partial charge in [0.05, 0.1) is 4.90 Å². The van der Waals surface area contributed by atoms with Crippen LogP contribution in [0.15, 0.2) is 34.2 Å². The SMILES string of the molecule is CN=C(NCc1ccc(S(=O)(=O)NC)cc1)NCC(C(C)C)N1CCCCCC1. The van der Waals surface area contributed by atoms with E-state index in [2.05, 4.69) is 39.1 Å². The van der Waals surface area contributed by atoms with Gasteiger partial charge in [-0.25, -0.2) is 13.1 Å². The Morgan fingerprint density at radius 1 is 1.07 bits per heavy atom. The van der Waals surface area contributed by atoms with Crippen molar-refractivity contribution in [2.45, 2.75) is 57.0 Å². The maximum atomic E-state index is 11.8. The molecule has 8 heteroatoms. The second-order valence-electron chi connectivity index (χ2n) is 7.92. The molecule has 0 bridgehead atoms. The lowest BCUT2D eigenvalue weighted by Crippen LogP contribution is -2.49. The topological polar surface area (TPSA) is 85.8 Å². The predicted octanol–water partition coefficient (Wildman–Crippen LogP) is 2.16. The Labute approximate surface area is 176 Å². The molecule has 0 amide bonds. The number of sulfonamides is 1. The number of benzene rings is 1. The van der Waals surface area contributed by atoms with Gasteiger partial charge in [0.1, 0.15) is 0 Å². The molecule has 1 aromatic rings. The van der Waals surface area contributed by atoms with E-state index in [1.54, 1.807) is 19.2 Å². The van der Waals surface area contributed by atoms with Gasteiger partial charge in [-0.2, -0.15) is 0 Å². The van der Waals surface area contributed by atoms with Crippen LogP contribution in [0.1, 0.15) is 45.1 Å². The van der Waals surface area contributed by atoms with Crippen LogP contribution in [0.3, 0.4) is 0 Å². The normalized spacial score (nSPS) is 17.8. The molecule has 3 N–H and O–H groups in total. The highest BCUT2D eigenvalue weighted by molar-refractivity contribution is 7.89. The number of rotatable bonds is 8. The lowest BCUT2D eigenvalue weighted by atomic mass is 10.0. The quantitative estimate of drug-likeness (QED) is 0.441. The van der Waals surface area contributed by atoms with Gasteiger partial charge in [-0.05, 0) is 56.6 Å². The minimum absolute atomic E-state index is 0.267. The summed E-state index contributed by atoms with van der Waals surface area (Å²) in [5.74, 6) is 1.33. The van der Waals surface area contributed by atoms with E-state index in [1.165, 1.54) is 45.8 Å². The van der Waals surface area contributed by atoms with Crippen LogP contribution in [0.5, 0.6) is 0 Å². The summed E-state index contributed by atoms with van der Waals surface area (Å²) in [4.78, 5) is 7.23. The maximum absolute atomic E-state index is 11.8. The molecule has 1 unspecified atom stereocenters. The minimum atomic E-state index is -3.40. The van der Waals surface area contributed by atoms with Crippen molar-refractivity contribution in [1.29, 1.82) is 0 Å². The minimum Gasteiger partial charge on any atom is -0.355 e. The van der Waals surface area contributed by atoms with E-state index in [0.29, 0.717) is 18.5 Å². The molecule has 0 aromatic heterocycles. The summed E-state index contributed by atoms with van der Waals surface area (Å²) < 4.78 is 26.0. The molecular weight excluding hydrogens is 386 g/mol. The highest BCUT2D eigenvalue weighted by Crippen LogP contribution is 2.17. The Bertz CT molecular complexity index is 739. The number of guanidine groups is 1. The number of likely N-dealkylation sites (tertiary alicyclic amines) is 1. The zero-order valence-corrected chi connectivity index (χ0v) is 19.1. The average molecular weight is 424 g/mol. The van der Waals surface area contributed by atoms with Crippen molar-refractivity contribution in [3.63, 3.8) is 0 Å². The van der Waals surface area contributed by atoms with Gasteiger partial charge >= 0.3 is 0 Å². The van der Waals surface area contributed by atoms with E-state index in [4.69, 9.17) is 0 Å². The number of hydrogen-bond acceptors (Lipinski definition) is 4. The third kappa shape index (κ3) is 7.28. The molecule has 0 spiro atoms. The van der Waals surface area contributed by atoms with E-state index in [0.717, 1.165) is 18.1 Å². The fourth-order valence-electron chi connectivity index (χ4n) is 3.73. The molecule has 0 aliphatic carbocycles. The van der Waals surface area contributed by atoms with Crippen LogP contribution in [0.2, 0.25) is 0 Å². The van der Waals surface area contributed by atoms with Crippen molar-refractivity contribution >= 4 is 16.0 Å². The van der Waals surface area contributed by atoms with Gasteiger partial charge in [-0.3, -0.25) is 9.89 Å². The van der Waals surface area contributed by atoms with Gasteiger partial charge in [0, 0.05) is 26.2 Å². The number of hydrogen-bond donors (Lipinski definition) is 3. The molecule has 1 atom stereocenters. The van der Waals surface area contributed by atoms with Crippen molar-refractivity contribution in [1.82, 2.24) is 20.3 Å². The second-order valence-corrected chi connectivity index (χ2v) is 9.81. The van der Waals surface area contributed by atoms with Crippen LogP contribution in [-0.2, 0) is 16.6 Å². The van der Waals surface area contributed by atoms with Gasteiger partial charge in [0.2, 0.25) is 10.0 Å². The van der Waals surface area contributed by atoms with Gasteiger partial charge in [0.15, 0.2) is 5.96 Å². The summed E-state index contributed by atoms with van der Waals surface area (Å²) >= 11 is 0. The van der Waals surface area contributed by atoms with Crippen molar-refractivity contribution in [3.8, 4) is 0 Å². The maximum Gasteiger partial charge on any atom is 0.240 e. The molecule has 0 radical (unpaired) electrons. The van der Waals surface area contributed by atoms with Gasteiger partial charge in [0.25, 0.3) is 0 Å². The van der Waals surface area contributed by atoms with Crippen molar-refractivity contribution in [2.24, 2.45) is 10.9 Å². The fraction of sp³-hybridized carbons (Fsp3) is 0.667. The Hall–Kier alpha value is -1.64. The zero-order valence-electron chi connectivity index (χ0n) is 18.2. The van der Waals surface area contributed by atoms with Crippen molar-refractivity contribution in [2.75, 3.05) is 33.7 Å². The molecule has 1 heterocycles. The van der Waals surface area contributed by atoms with Crippen LogP contribution in [-0.4, -0.2) is 59.0 Å². The Kier molecular flexibility index (Phi) is 9.39. The largest absolute Gasteiger partial charge is 0.355 e. The van der Waals surface area contributed by atoms with E-state index in [1.807, 2.05) is 12.1 Å². The zero-order chi connectivity index (χ0) is 21.3. The lowest BCUT2D eigenvalue weighted by Gasteiger charge is -2.34. The molecule has 29 heavy (non-hydrogen) atoms. The smallest absolute Gasteiger partial charge is 0.240 e. The molecule has 1 saturated heterocycles. The molecule has 1 aliphatic heterocycles. The Balaban J connectivity index is 1.89. The molecule has 2 rings (SSSR count). The standard InChI is InChI=1S/C21H37N5O2S/c1-17(2)20(26-13-7-5-6-8-14-26)16-25-21(22-3)24-15-18-9-11-19(12-10-18)29(27,28)23-4/h9-12,17,20,23H,5-8,13-16H2,1-4H3,(H2,22,24,25). The van der Waals surface area contributed by atoms with Crippen LogP contribution in [0, 0.1) is 5.92 Å². The van der Waals surface area contributed by atoms with E-state index in [-0.39, 0.29) is 4.90 Å². The number of aliphatic imine (C=N–C) groups is 1. The van der Waals surface area contributed by atoms with Crippen molar-refractivity contribution in [3.05, 3.63) is 29.8 Å². The highest BCUT2D eigenvalue weighted by atomic mass is 32.2. The first-order chi connectivity index (χ1) is 13.9. The van der Waals surface area contributed by atoms with Gasteiger partial charge in [-0.1, -0.05) is 38.8 Å². The summed E-state index contributed by atoms with van der Waals surface area (Å²) in [6.45, 7) is 8.37. The summed E-state index contributed by atoms with van der Waals surface area (Å²) in [6.07, 6.45) is 5.25. The number of nitrogens with one attached hydrogen (secondary N) is 3. The second kappa shape index (κ2) is 11.5. The van der Waals surface area contributed by atoms with Crippen LogP contribution in [0.4, 0.5) is 0 Å². The lowest BCUT2D eigenvalue weighted by molar-refractivity contribution is 0.161. The number of nitrogens with zero attached hydrogens (tertiary/aromatic N) is 2. The fourth-order valence-corrected chi connectivity index (χ4v) is 4.46.